The van der Waals surface area contributed by atoms with Crippen LogP contribution in [0.4, 0.5) is 0 Å². The van der Waals surface area contributed by atoms with Gasteiger partial charge in [0.1, 0.15) is 0 Å². The second-order valence-electron chi connectivity index (χ2n) is 3.11. The van der Waals surface area contributed by atoms with Gasteiger partial charge in [-0.25, -0.2) is 4.68 Å². The molecule has 0 aliphatic heterocycles. The van der Waals surface area contributed by atoms with E-state index in [2.05, 4.69) is 26.2 Å². The second-order valence-corrected chi connectivity index (χ2v) is 3.97. The van der Waals surface area contributed by atoms with Crippen molar-refractivity contribution < 1.29 is 0 Å². The van der Waals surface area contributed by atoms with Crippen molar-refractivity contribution in [2.75, 3.05) is 6.54 Å². The minimum atomic E-state index is 0.556. The number of nitrogens with zero attached hydrogens (tertiary/aromatic N) is 3. The Morgan fingerprint density at radius 2 is 2.13 bits per heavy atom. The normalized spacial score (nSPS) is 10.5. The predicted molar refractivity (Wildman–Crippen MR) is 62.2 cm³/mol. The first-order valence-electron chi connectivity index (χ1n) is 4.66. The molecule has 0 saturated heterocycles. The van der Waals surface area contributed by atoms with E-state index in [0.717, 1.165) is 15.7 Å². The van der Waals surface area contributed by atoms with Gasteiger partial charge < -0.3 is 5.73 Å². The van der Waals surface area contributed by atoms with Gasteiger partial charge in [-0.05, 0) is 6.07 Å². The monoisotopic (exact) mass is 266 g/mol. The molecule has 0 aliphatic rings. The highest BCUT2D eigenvalue weighted by Crippen LogP contribution is 2.26. The molecule has 15 heavy (non-hydrogen) atoms. The first-order valence-corrected chi connectivity index (χ1v) is 5.45. The number of hydrogen-bond acceptors (Lipinski definition) is 3. The molecule has 0 radical (unpaired) electrons. The molecule has 0 bridgehead atoms. The molecule has 78 valence electrons. The van der Waals surface area contributed by atoms with Crippen LogP contribution in [0.3, 0.4) is 0 Å². The molecule has 2 rings (SSSR count). The largest absolute Gasteiger partial charge is 0.329 e. The average molecular weight is 267 g/mol. The van der Waals surface area contributed by atoms with Crippen LogP contribution in [0, 0.1) is 0 Å². The van der Waals surface area contributed by atoms with Crippen LogP contribution in [-0.4, -0.2) is 21.5 Å². The van der Waals surface area contributed by atoms with Gasteiger partial charge in [-0.2, -0.15) is 0 Å². The Hall–Kier alpha value is -1.20. The lowest BCUT2D eigenvalue weighted by Crippen LogP contribution is -2.12. The summed E-state index contributed by atoms with van der Waals surface area (Å²) in [6, 6.07) is 7.98. The minimum Gasteiger partial charge on any atom is -0.329 e. The highest BCUT2D eigenvalue weighted by Gasteiger charge is 2.08. The standard InChI is InChI=1S/C10H11BrN4/c11-9-4-2-1-3-8(9)10-7-13-14-15(10)6-5-12/h1-4,7H,5-6,12H2. The van der Waals surface area contributed by atoms with E-state index in [1.165, 1.54) is 0 Å². The molecule has 2 aromatic rings. The fraction of sp³-hybridized carbons (Fsp3) is 0.200. The molecule has 0 spiro atoms. The number of halogens is 1. The van der Waals surface area contributed by atoms with Gasteiger partial charge in [0, 0.05) is 16.6 Å². The molecule has 1 aromatic heterocycles. The molecule has 0 unspecified atom stereocenters. The van der Waals surface area contributed by atoms with Crippen LogP contribution in [0.1, 0.15) is 0 Å². The Kier molecular flexibility index (Phi) is 3.13. The van der Waals surface area contributed by atoms with E-state index in [9.17, 15) is 0 Å². The van der Waals surface area contributed by atoms with Gasteiger partial charge in [0.15, 0.2) is 0 Å². The summed E-state index contributed by atoms with van der Waals surface area (Å²) >= 11 is 3.50. The van der Waals surface area contributed by atoms with Gasteiger partial charge in [0.25, 0.3) is 0 Å². The summed E-state index contributed by atoms with van der Waals surface area (Å²) in [7, 11) is 0. The van der Waals surface area contributed by atoms with E-state index in [4.69, 9.17) is 5.73 Å². The topological polar surface area (TPSA) is 56.7 Å². The average Bonchev–Trinajstić information content (AvgIpc) is 2.67. The highest BCUT2D eigenvalue weighted by molar-refractivity contribution is 9.10. The summed E-state index contributed by atoms with van der Waals surface area (Å²) < 4.78 is 2.84. The van der Waals surface area contributed by atoms with Gasteiger partial charge >= 0.3 is 0 Å². The summed E-state index contributed by atoms with van der Waals surface area (Å²) in [6.07, 6.45) is 1.75. The molecule has 0 amide bonds. The smallest absolute Gasteiger partial charge is 0.0897 e. The van der Waals surface area contributed by atoms with Crippen molar-refractivity contribution in [2.24, 2.45) is 5.73 Å². The lowest BCUT2D eigenvalue weighted by atomic mass is 10.2. The number of benzene rings is 1. The van der Waals surface area contributed by atoms with Crippen LogP contribution in [-0.2, 0) is 6.54 Å². The SMILES string of the molecule is NCCn1nncc1-c1ccccc1Br. The molecular weight excluding hydrogens is 256 g/mol. The van der Waals surface area contributed by atoms with E-state index >= 15 is 0 Å². The Morgan fingerprint density at radius 3 is 2.87 bits per heavy atom. The van der Waals surface area contributed by atoms with E-state index in [1.807, 2.05) is 24.3 Å². The maximum absolute atomic E-state index is 5.50. The van der Waals surface area contributed by atoms with Crippen molar-refractivity contribution in [3.8, 4) is 11.3 Å². The van der Waals surface area contributed by atoms with Crippen LogP contribution in [0.15, 0.2) is 34.9 Å². The molecule has 5 heteroatoms. The molecule has 2 N–H and O–H groups in total. The van der Waals surface area contributed by atoms with E-state index in [0.29, 0.717) is 13.1 Å². The van der Waals surface area contributed by atoms with Gasteiger partial charge in [-0.1, -0.05) is 39.3 Å². The third-order valence-electron chi connectivity index (χ3n) is 2.11. The Labute approximate surface area is 96.2 Å². The van der Waals surface area contributed by atoms with E-state index in [-0.39, 0.29) is 0 Å². The Bertz CT molecular complexity index is 452. The van der Waals surface area contributed by atoms with Crippen molar-refractivity contribution >= 4 is 15.9 Å². The van der Waals surface area contributed by atoms with Gasteiger partial charge in [-0.15, -0.1) is 5.10 Å². The van der Waals surface area contributed by atoms with Crippen LogP contribution in [0.2, 0.25) is 0 Å². The summed E-state index contributed by atoms with van der Waals surface area (Å²) in [5, 5.41) is 7.88. The zero-order valence-electron chi connectivity index (χ0n) is 8.10. The van der Waals surface area contributed by atoms with E-state index in [1.54, 1.807) is 10.9 Å². The van der Waals surface area contributed by atoms with Crippen molar-refractivity contribution in [2.45, 2.75) is 6.54 Å². The summed E-state index contributed by atoms with van der Waals surface area (Å²) in [5.41, 5.74) is 7.56. The fourth-order valence-electron chi connectivity index (χ4n) is 1.42. The van der Waals surface area contributed by atoms with Crippen LogP contribution in [0.5, 0.6) is 0 Å². The van der Waals surface area contributed by atoms with Crippen molar-refractivity contribution in [1.82, 2.24) is 15.0 Å². The van der Waals surface area contributed by atoms with Gasteiger partial charge in [0.05, 0.1) is 18.4 Å². The third kappa shape index (κ3) is 2.08. The van der Waals surface area contributed by atoms with E-state index < -0.39 is 0 Å². The van der Waals surface area contributed by atoms with Crippen molar-refractivity contribution in [3.63, 3.8) is 0 Å². The summed E-state index contributed by atoms with van der Waals surface area (Å²) in [4.78, 5) is 0. The first-order chi connectivity index (χ1) is 7.33. The minimum absolute atomic E-state index is 0.556. The number of aromatic nitrogens is 3. The molecule has 4 nitrogen and oxygen atoms in total. The van der Waals surface area contributed by atoms with Crippen molar-refractivity contribution in [3.05, 3.63) is 34.9 Å². The molecule has 0 aliphatic carbocycles. The molecule has 0 atom stereocenters. The number of hydrogen-bond donors (Lipinski definition) is 1. The number of nitrogens with two attached hydrogens (primary N) is 1. The van der Waals surface area contributed by atoms with Gasteiger partial charge in [-0.3, -0.25) is 0 Å². The fourth-order valence-corrected chi connectivity index (χ4v) is 1.91. The lowest BCUT2D eigenvalue weighted by Gasteiger charge is -2.06. The Balaban J connectivity index is 2.45. The van der Waals surface area contributed by atoms with Crippen molar-refractivity contribution in [1.29, 1.82) is 0 Å². The molecule has 1 aromatic carbocycles. The molecule has 1 heterocycles. The molecule has 0 fully saturated rings. The third-order valence-corrected chi connectivity index (χ3v) is 2.80. The highest BCUT2D eigenvalue weighted by atomic mass is 79.9. The maximum Gasteiger partial charge on any atom is 0.0897 e. The number of rotatable bonds is 3. The summed E-state index contributed by atoms with van der Waals surface area (Å²) in [6.45, 7) is 1.23. The van der Waals surface area contributed by atoms with Gasteiger partial charge in [0.2, 0.25) is 0 Å². The molecule has 0 saturated carbocycles. The zero-order valence-corrected chi connectivity index (χ0v) is 9.68. The van der Waals surface area contributed by atoms with Crippen LogP contribution in [0.25, 0.3) is 11.3 Å². The molecular formula is C10H11BrN4. The quantitative estimate of drug-likeness (QED) is 0.920. The lowest BCUT2D eigenvalue weighted by molar-refractivity contribution is 0.603. The second kappa shape index (κ2) is 4.55. The van der Waals surface area contributed by atoms with Crippen LogP contribution < -0.4 is 5.73 Å². The first kappa shape index (κ1) is 10.3. The summed E-state index contributed by atoms with van der Waals surface area (Å²) in [5.74, 6) is 0. The van der Waals surface area contributed by atoms with Crippen LogP contribution >= 0.6 is 15.9 Å². The predicted octanol–water partition coefficient (Wildman–Crippen LogP) is 1.67. The Morgan fingerprint density at radius 1 is 1.33 bits per heavy atom. The maximum atomic E-state index is 5.50. The zero-order chi connectivity index (χ0) is 10.7.